The van der Waals surface area contributed by atoms with Crippen LogP contribution in [0.5, 0.6) is 5.75 Å². The summed E-state index contributed by atoms with van der Waals surface area (Å²) in [6, 6.07) is 4.95. The highest BCUT2D eigenvalue weighted by Crippen LogP contribution is 2.21. The van der Waals surface area contributed by atoms with Crippen LogP contribution in [-0.2, 0) is 6.54 Å². The second-order valence-corrected chi connectivity index (χ2v) is 4.30. The van der Waals surface area contributed by atoms with Gasteiger partial charge in [0.15, 0.2) is 0 Å². The minimum Gasteiger partial charge on any atom is -0.496 e. The smallest absolute Gasteiger partial charge is 0.123 e. The summed E-state index contributed by atoms with van der Waals surface area (Å²) in [5, 5.41) is 0. The average molecular weight is 240 g/mol. The lowest BCUT2D eigenvalue weighted by atomic mass is 10.1. The van der Waals surface area contributed by atoms with E-state index in [1.54, 1.807) is 13.2 Å². The van der Waals surface area contributed by atoms with Crippen LogP contribution >= 0.6 is 0 Å². The minimum atomic E-state index is -0.235. The maximum atomic E-state index is 13.2. The standard InChI is InChI=1S/C13H21FN2O/c1-10(6-7-15)16(2)9-11-8-12(14)4-5-13(11)17-3/h4-5,8,10H,6-7,9,15H2,1-3H3. The third-order valence-corrected chi connectivity index (χ3v) is 3.00. The summed E-state index contributed by atoms with van der Waals surface area (Å²) in [7, 11) is 3.60. The maximum Gasteiger partial charge on any atom is 0.123 e. The highest BCUT2D eigenvalue weighted by atomic mass is 19.1. The third-order valence-electron chi connectivity index (χ3n) is 3.00. The fourth-order valence-electron chi connectivity index (χ4n) is 1.76. The highest BCUT2D eigenvalue weighted by molar-refractivity contribution is 5.33. The van der Waals surface area contributed by atoms with Crippen LogP contribution in [0.3, 0.4) is 0 Å². The number of nitrogens with zero attached hydrogens (tertiary/aromatic N) is 1. The second kappa shape index (κ2) is 6.57. The van der Waals surface area contributed by atoms with Gasteiger partial charge in [0, 0.05) is 18.2 Å². The van der Waals surface area contributed by atoms with Gasteiger partial charge in [-0.25, -0.2) is 4.39 Å². The zero-order valence-corrected chi connectivity index (χ0v) is 10.7. The molecule has 0 radical (unpaired) electrons. The van der Waals surface area contributed by atoms with Gasteiger partial charge in [-0.1, -0.05) is 0 Å². The summed E-state index contributed by atoms with van der Waals surface area (Å²) in [5.41, 5.74) is 6.39. The van der Waals surface area contributed by atoms with Crippen molar-refractivity contribution in [1.82, 2.24) is 4.90 Å². The SMILES string of the molecule is COc1ccc(F)cc1CN(C)C(C)CCN. The number of benzene rings is 1. The first-order chi connectivity index (χ1) is 8.08. The molecule has 0 aromatic heterocycles. The number of halogens is 1. The monoisotopic (exact) mass is 240 g/mol. The van der Waals surface area contributed by atoms with Crippen LogP contribution in [0.4, 0.5) is 4.39 Å². The van der Waals surface area contributed by atoms with Crippen LogP contribution in [0.1, 0.15) is 18.9 Å². The molecule has 4 heteroatoms. The molecule has 0 fully saturated rings. The van der Waals surface area contributed by atoms with Crippen molar-refractivity contribution in [2.45, 2.75) is 25.9 Å². The summed E-state index contributed by atoms with van der Waals surface area (Å²) >= 11 is 0. The molecule has 0 aliphatic heterocycles. The number of nitrogens with two attached hydrogens (primary N) is 1. The van der Waals surface area contributed by atoms with Gasteiger partial charge in [-0.3, -0.25) is 4.90 Å². The van der Waals surface area contributed by atoms with Crippen LogP contribution in [-0.4, -0.2) is 31.6 Å². The van der Waals surface area contributed by atoms with E-state index >= 15 is 0 Å². The number of methoxy groups -OCH3 is 1. The predicted octanol–water partition coefficient (Wildman–Crippen LogP) is 2.00. The molecule has 0 saturated carbocycles. The van der Waals surface area contributed by atoms with E-state index in [2.05, 4.69) is 11.8 Å². The summed E-state index contributed by atoms with van der Waals surface area (Å²) in [5.74, 6) is 0.485. The zero-order valence-electron chi connectivity index (χ0n) is 10.7. The van der Waals surface area contributed by atoms with Gasteiger partial charge >= 0.3 is 0 Å². The van der Waals surface area contributed by atoms with Crippen molar-refractivity contribution in [2.24, 2.45) is 5.73 Å². The second-order valence-electron chi connectivity index (χ2n) is 4.30. The Bertz CT molecular complexity index is 357. The van der Waals surface area contributed by atoms with Crippen molar-refractivity contribution in [2.75, 3.05) is 20.7 Å². The molecule has 0 spiro atoms. The van der Waals surface area contributed by atoms with E-state index in [4.69, 9.17) is 10.5 Å². The van der Waals surface area contributed by atoms with Crippen molar-refractivity contribution < 1.29 is 9.13 Å². The topological polar surface area (TPSA) is 38.5 Å². The van der Waals surface area contributed by atoms with E-state index in [1.165, 1.54) is 12.1 Å². The van der Waals surface area contributed by atoms with E-state index < -0.39 is 0 Å². The third kappa shape index (κ3) is 3.98. The molecule has 0 bridgehead atoms. The lowest BCUT2D eigenvalue weighted by molar-refractivity contribution is 0.236. The summed E-state index contributed by atoms with van der Waals surface area (Å²) in [6.45, 7) is 3.42. The first kappa shape index (κ1) is 13.9. The van der Waals surface area contributed by atoms with Gasteiger partial charge in [0.05, 0.1) is 7.11 Å². The van der Waals surface area contributed by atoms with E-state index in [9.17, 15) is 4.39 Å². The molecule has 1 aromatic carbocycles. The Morgan fingerprint density at radius 3 is 2.76 bits per heavy atom. The average Bonchev–Trinajstić information content (AvgIpc) is 2.29. The number of hydrogen-bond donors (Lipinski definition) is 1. The van der Waals surface area contributed by atoms with E-state index in [-0.39, 0.29) is 5.82 Å². The normalized spacial score (nSPS) is 12.8. The summed E-state index contributed by atoms with van der Waals surface area (Å²) in [4.78, 5) is 2.14. The van der Waals surface area contributed by atoms with Crippen LogP contribution in [0, 0.1) is 5.82 Å². The van der Waals surface area contributed by atoms with Crippen molar-refractivity contribution >= 4 is 0 Å². The van der Waals surface area contributed by atoms with Gasteiger partial charge in [-0.15, -0.1) is 0 Å². The zero-order chi connectivity index (χ0) is 12.8. The molecule has 96 valence electrons. The summed E-state index contributed by atoms with van der Waals surface area (Å²) < 4.78 is 18.4. The van der Waals surface area contributed by atoms with Crippen LogP contribution in [0.15, 0.2) is 18.2 Å². The van der Waals surface area contributed by atoms with E-state index in [0.717, 1.165) is 17.7 Å². The minimum absolute atomic E-state index is 0.235. The molecule has 0 aliphatic rings. The molecule has 1 aromatic rings. The van der Waals surface area contributed by atoms with Crippen molar-refractivity contribution in [3.63, 3.8) is 0 Å². The largest absolute Gasteiger partial charge is 0.496 e. The Morgan fingerprint density at radius 2 is 2.18 bits per heavy atom. The molecule has 0 aliphatic carbocycles. The van der Waals surface area contributed by atoms with Crippen LogP contribution < -0.4 is 10.5 Å². The molecule has 1 atom stereocenters. The van der Waals surface area contributed by atoms with Gasteiger partial charge in [-0.2, -0.15) is 0 Å². The molecule has 0 heterocycles. The Morgan fingerprint density at radius 1 is 1.47 bits per heavy atom. The van der Waals surface area contributed by atoms with E-state index in [1.807, 2.05) is 7.05 Å². The maximum absolute atomic E-state index is 13.2. The molecule has 3 nitrogen and oxygen atoms in total. The molecule has 0 amide bonds. The Hall–Kier alpha value is -1.13. The number of hydrogen-bond acceptors (Lipinski definition) is 3. The fraction of sp³-hybridized carbons (Fsp3) is 0.538. The van der Waals surface area contributed by atoms with Crippen LogP contribution in [0.2, 0.25) is 0 Å². The Kier molecular flexibility index (Phi) is 5.38. The molecule has 1 rings (SSSR count). The van der Waals surface area contributed by atoms with Crippen molar-refractivity contribution in [3.05, 3.63) is 29.6 Å². The van der Waals surface area contributed by atoms with Crippen molar-refractivity contribution in [1.29, 1.82) is 0 Å². The number of ether oxygens (including phenoxy) is 1. The molecule has 2 N–H and O–H groups in total. The molecular weight excluding hydrogens is 219 g/mol. The summed E-state index contributed by atoms with van der Waals surface area (Å²) in [6.07, 6.45) is 0.925. The Balaban J connectivity index is 2.76. The molecule has 1 unspecified atom stereocenters. The van der Waals surface area contributed by atoms with Gasteiger partial charge < -0.3 is 10.5 Å². The predicted molar refractivity (Wildman–Crippen MR) is 67.6 cm³/mol. The van der Waals surface area contributed by atoms with Gasteiger partial charge in [0.1, 0.15) is 11.6 Å². The van der Waals surface area contributed by atoms with E-state index in [0.29, 0.717) is 19.1 Å². The van der Waals surface area contributed by atoms with Gasteiger partial charge in [0.25, 0.3) is 0 Å². The Labute approximate surface area is 102 Å². The van der Waals surface area contributed by atoms with Gasteiger partial charge in [0.2, 0.25) is 0 Å². The highest BCUT2D eigenvalue weighted by Gasteiger charge is 2.12. The fourth-order valence-corrected chi connectivity index (χ4v) is 1.76. The molecular formula is C13H21FN2O. The van der Waals surface area contributed by atoms with Crippen molar-refractivity contribution in [3.8, 4) is 5.75 Å². The van der Waals surface area contributed by atoms with Gasteiger partial charge in [-0.05, 0) is 45.1 Å². The first-order valence-electron chi connectivity index (χ1n) is 5.81. The molecule has 17 heavy (non-hydrogen) atoms. The van der Waals surface area contributed by atoms with Crippen LogP contribution in [0.25, 0.3) is 0 Å². The number of rotatable bonds is 6. The quantitative estimate of drug-likeness (QED) is 0.826. The lowest BCUT2D eigenvalue weighted by Gasteiger charge is -2.25. The first-order valence-corrected chi connectivity index (χ1v) is 5.81. The lowest BCUT2D eigenvalue weighted by Crippen LogP contribution is -2.30. The molecule has 0 saturated heterocycles.